The van der Waals surface area contributed by atoms with Crippen molar-refractivity contribution in [2.24, 2.45) is 0 Å². The number of benzene rings is 4. The Labute approximate surface area is 341 Å². The first kappa shape index (κ1) is 38.5. The first-order valence-electron chi connectivity index (χ1n) is 19.1. The number of rotatable bonds is 9. The minimum absolute atomic E-state index is 0.638. The van der Waals surface area contributed by atoms with Gasteiger partial charge in [-0.3, -0.25) is 19.7 Å². The fourth-order valence-corrected chi connectivity index (χ4v) is 6.96. The summed E-state index contributed by atoms with van der Waals surface area (Å²) in [5, 5.41) is 12.3. The van der Waals surface area contributed by atoms with Gasteiger partial charge in [-0.05, 0) is 54.1 Å². The zero-order chi connectivity index (χ0) is 40.4. The lowest BCUT2D eigenvalue weighted by Crippen LogP contribution is -2.15. The lowest BCUT2D eigenvalue weighted by molar-refractivity contribution is 0.112. The number of nitrogens with zero attached hydrogens (tertiary/aromatic N) is 7. The van der Waals surface area contributed by atoms with Gasteiger partial charge in [0.2, 0.25) is 0 Å². The highest BCUT2D eigenvalue weighted by atomic mass is 16.5. The summed E-state index contributed by atoms with van der Waals surface area (Å²) in [4.78, 5) is 39.2. The molecule has 6 heterocycles. The fourth-order valence-electron chi connectivity index (χ4n) is 6.96. The van der Waals surface area contributed by atoms with Gasteiger partial charge in [0, 0.05) is 60.2 Å². The van der Waals surface area contributed by atoms with Crippen molar-refractivity contribution in [1.82, 2.24) is 40.1 Å². The molecule has 2 aliphatic heterocycles. The van der Waals surface area contributed by atoms with Crippen LogP contribution in [0.2, 0.25) is 0 Å². The van der Waals surface area contributed by atoms with Crippen LogP contribution in [0.3, 0.4) is 0 Å². The number of carbonyl (C=O) groups is 1. The number of fused-ring (bicyclic) bond motifs is 4. The molecule has 0 saturated heterocycles. The fraction of sp³-hybridized carbons (Fsp3) is 0.152. The third kappa shape index (κ3) is 9.45. The summed E-state index contributed by atoms with van der Waals surface area (Å²) in [5.41, 5.74) is 10.1. The molecule has 0 unspecified atom stereocenters. The van der Waals surface area contributed by atoms with Gasteiger partial charge in [0.1, 0.15) is 42.1 Å². The first-order chi connectivity index (χ1) is 29.0. The van der Waals surface area contributed by atoms with Gasteiger partial charge in [0.25, 0.3) is 0 Å². The zero-order valence-corrected chi connectivity index (χ0v) is 32.7. The molecule has 59 heavy (non-hydrogen) atoms. The maximum atomic E-state index is 10.2. The maximum Gasteiger partial charge on any atom is 0.150 e. The molecule has 3 N–H and O–H groups in total. The van der Waals surface area contributed by atoms with Crippen molar-refractivity contribution in [3.8, 4) is 11.5 Å². The van der Waals surface area contributed by atoms with Crippen molar-refractivity contribution in [3.63, 3.8) is 0 Å². The van der Waals surface area contributed by atoms with E-state index in [0.717, 1.165) is 112 Å². The summed E-state index contributed by atoms with van der Waals surface area (Å²) in [7, 11) is 3.27. The minimum atomic E-state index is 0.638. The van der Waals surface area contributed by atoms with Crippen molar-refractivity contribution in [2.45, 2.75) is 32.7 Å². The van der Waals surface area contributed by atoms with Gasteiger partial charge in [-0.2, -0.15) is 0 Å². The number of carbonyl (C=O) groups excluding carboxylic acids is 1. The van der Waals surface area contributed by atoms with E-state index in [-0.39, 0.29) is 0 Å². The third-order valence-corrected chi connectivity index (χ3v) is 9.90. The summed E-state index contributed by atoms with van der Waals surface area (Å²) < 4.78 is 10.2. The molecule has 0 saturated carbocycles. The van der Waals surface area contributed by atoms with Gasteiger partial charge in [-0.1, -0.05) is 60.7 Å². The summed E-state index contributed by atoms with van der Waals surface area (Å²) in [6, 6.07) is 35.5. The largest absolute Gasteiger partial charge is 0.497 e. The second kappa shape index (κ2) is 18.3. The average molecular weight is 783 g/mol. The second-order valence-electron chi connectivity index (χ2n) is 13.9. The van der Waals surface area contributed by atoms with Crippen LogP contribution in [0.1, 0.15) is 38.4 Å². The monoisotopic (exact) mass is 782 g/mol. The van der Waals surface area contributed by atoms with Crippen LogP contribution in [0, 0.1) is 0 Å². The quantitative estimate of drug-likeness (QED) is 0.121. The SMILES string of the molecule is COc1cccc(C=O)c1.COc1cccc(CN2Cc3ncnc(Nc4cnc5ccccc5c4)c3C2)c1.c1ccc2ncc(Nc3ncnc4c3CNC4)cc2c1. The molecule has 0 amide bonds. The third-order valence-electron chi connectivity index (χ3n) is 9.90. The Bertz CT molecular complexity index is 2730. The van der Waals surface area contributed by atoms with Gasteiger partial charge < -0.3 is 25.4 Å². The van der Waals surface area contributed by atoms with Crippen LogP contribution in [0.4, 0.5) is 23.0 Å². The Morgan fingerprint density at radius 2 is 1.24 bits per heavy atom. The highest BCUT2D eigenvalue weighted by Crippen LogP contribution is 2.30. The summed E-state index contributed by atoms with van der Waals surface area (Å²) >= 11 is 0. The van der Waals surface area contributed by atoms with Crippen LogP contribution in [-0.2, 0) is 32.7 Å². The molecule has 8 aromatic rings. The number of aldehydes is 1. The Hall–Kier alpha value is -7.35. The highest BCUT2D eigenvalue weighted by Gasteiger charge is 2.24. The van der Waals surface area contributed by atoms with E-state index in [2.05, 4.69) is 87.2 Å². The Kier molecular flexibility index (Phi) is 11.9. The van der Waals surface area contributed by atoms with Crippen molar-refractivity contribution in [2.75, 3.05) is 24.9 Å². The number of hydrogen-bond donors (Lipinski definition) is 3. The molecule has 0 atom stereocenters. The molecule has 4 aromatic heterocycles. The predicted octanol–water partition coefficient (Wildman–Crippen LogP) is 8.17. The number of ether oxygens (including phenoxy) is 2. The molecule has 294 valence electrons. The van der Waals surface area contributed by atoms with Gasteiger partial charge in [-0.15, -0.1) is 0 Å². The molecular formula is C46H42N10O3. The van der Waals surface area contributed by atoms with E-state index < -0.39 is 0 Å². The predicted molar refractivity (Wildman–Crippen MR) is 229 cm³/mol. The molecule has 13 heteroatoms. The molecule has 0 bridgehead atoms. The Balaban J connectivity index is 0.000000139. The average Bonchev–Trinajstić information content (AvgIpc) is 3.95. The standard InChI is InChI=1S/C23H21N5O.C15H13N5.C8H8O2/c1-29-19-7-4-5-16(9-19)12-28-13-20-22(14-28)25-15-26-23(20)27-18-10-17-6-2-3-8-21(17)24-11-18;1-2-4-13-10(3-1)5-11(6-17-13)20-15-12-7-16-8-14(12)18-9-19-15;1-10-8-4-2-3-7(5-8)6-9/h2-11,15H,12-14H2,1H3,(H,25,26,27);1-6,9,16H,7-8H2,(H,18,19,20);2-6H,1H3. The molecule has 13 nitrogen and oxygen atoms in total. The van der Waals surface area contributed by atoms with E-state index in [4.69, 9.17) is 9.47 Å². The molecular weight excluding hydrogens is 741 g/mol. The Morgan fingerprint density at radius 3 is 1.90 bits per heavy atom. The molecule has 0 radical (unpaired) electrons. The highest BCUT2D eigenvalue weighted by molar-refractivity contribution is 5.83. The molecule has 0 spiro atoms. The number of methoxy groups -OCH3 is 2. The van der Waals surface area contributed by atoms with Gasteiger partial charge in [0.15, 0.2) is 0 Å². The summed E-state index contributed by atoms with van der Waals surface area (Å²) in [6.45, 7) is 4.06. The van der Waals surface area contributed by atoms with Gasteiger partial charge in [0.05, 0.1) is 60.4 Å². The van der Waals surface area contributed by atoms with E-state index >= 15 is 0 Å². The van der Waals surface area contributed by atoms with E-state index in [0.29, 0.717) is 11.3 Å². The molecule has 2 aliphatic rings. The van der Waals surface area contributed by atoms with Crippen LogP contribution in [0.15, 0.2) is 134 Å². The van der Waals surface area contributed by atoms with Crippen molar-refractivity contribution in [3.05, 3.63) is 168 Å². The number of para-hydroxylation sites is 2. The first-order valence-corrected chi connectivity index (χ1v) is 19.1. The van der Waals surface area contributed by atoms with E-state index in [1.807, 2.05) is 60.9 Å². The molecule has 0 aliphatic carbocycles. The zero-order valence-electron chi connectivity index (χ0n) is 32.7. The van der Waals surface area contributed by atoms with Crippen LogP contribution < -0.4 is 25.4 Å². The van der Waals surface area contributed by atoms with Crippen LogP contribution in [-0.4, -0.2) is 55.3 Å². The van der Waals surface area contributed by atoms with Crippen molar-refractivity contribution < 1.29 is 14.3 Å². The number of pyridine rings is 2. The number of hydrogen-bond acceptors (Lipinski definition) is 13. The van der Waals surface area contributed by atoms with Crippen molar-refractivity contribution in [1.29, 1.82) is 0 Å². The minimum Gasteiger partial charge on any atom is -0.497 e. The molecule has 10 rings (SSSR count). The van der Waals surface area contributed by atoms with E-state index in [1.54, 1.807) is 51.1 Å². The lowest BCUT2D eigenvalue weighted by atomic mass is 10.2. The van der Waals surface area contributed by atoms with Gasteiger partial charge >= 0.3 is 0 Å². The summed E-state index contributed by atoms with van der Waals surface area (Å²) in [5.74, 6) is 3.30. The smallest absolute Gasteiger partial charge is 0.150 e. The number of nitrogens with one attached hydrogen (secondary N) is 3. The van der Waals surface area contributed by atoms with Crippen LogP contribution >= 0.6 is 0 Å². The van der Waals surface area contributed by atoms with Crippen LogP contribution in [0.5, 0.6) is 11.5 Å². The van der Waals surface area contributed by atoms with Crippen LogP contribution in [0.25, 0.3) is 21.8 Å². The molecule has 0 fully saturated rings. The summed E-state index contributed by atoms with van der Waals surface area (Å²) in [6.07, 6.45) is 7.70. The van der Waals surface area contributed by atoms with Gasteiger partial charge in [-0.25, -0.2) is 19.9 Å². The maximum absolute atomic E-state index is 10.2. The normalized spacial score (nSPS) is 12.6. The molecule has 4 aromatic carbocycles. The van der Waals surface area contributed by atoms with Crippen molar-refractivity contribution >= 4 is 51.1 Å². The van der Waals surface area contributed by atoms with E-state index in [1.165, 1.54) is 5.56 Å². The number of aromatic nitrogens is 6. The lowest BCUT2D eigenvalue weighted by Gasteiger charge is -2.15. The topological polar surface area (TPSA) is 152 Å². The number of anilines is 4. The van der Waals surface area contributed by atoms with E-state index in [9.17, 15) is 4.79 Å². The Morgan fingerprint density at radius 1 is 0.627 bits per heavy atom. The second-order valence-corrected chi connectivity index (χ2v) is 13.9.